The predicted octanol–water partition coefficient (Wildman–Crippen LogP) is -1.23. The Labute approximate surface area is 139 Å². The fourth-order valence-electron chi connectivity index (χ4n) is 2.45. The maximum absolute atomic E-state index is 11.2. The molecule has 5 atom stereocenters. The highest BCUT2D eigenvalue weighted by Crippen LogP contribution is 2.33. The summed E-state index contributed by atoms with van der Waals surface area (Å²) in [5.74, 6) is -2.24. The molecule has 1 saturated heterocycles. The van der Waals surface area contributed by atoms with Gasteiger partial charge in [-0.05, 0) is 12.1 Å². The van der Waals surface area contributed by atoms with Crippen molar-refractivity contribution in [3.8, 4) is 11.5 Å². The Hall–Kier alpha value is -2.66. The van der Waals surface area contributed by atoms with Crippen LogP contribution in [-0.4, -0.2) is 62.2 Å². The van der Waals surface area contributed by atoms with Gasteiger partial charge in [-0.2, -0.15) is 0 Å². The number of benzene rings is 1. The molecule has 0 radical (unpaired) electrons. The van der Waals surface area contributed by atoms with Crippen molar-refractivity contribution < 1.29 is 44.2 Å². The number of hydrogen-bond donors (Lipinski definition) is 5. The second kappa shape index (κ2) is 6.33. The number of carboxylic acids is 1. The normalized spacial score (nSPS) is 29.5. The number of aliphatic hydroxyl groups is 3. The zero-order valence-corrected chi connectivity index (χ0v) is 12.5. The minimum Gasteiger partial charge on any atom is -0.504 e. The van der Waals surface area contributed by atoms with Crippen molar-refractivity contribution in [1.82, 2.24) is 0 Å². The second-order valence-corrected chi connectivity index (χ2v) is 5.47. The number of carbonyl (C=O) groups is 1. The molecule has 2 aromatic rings. The molecule has 1 aliphatic rings. The fourth-order valence-corrected chi connectivity index (χ4v) is 2.45. The number of aromatic hydroxyl groups is 1. The lowest BCUT2D eigenvalue weighted by Gasteiger charge is -2.38. The summed E-state index contributed by atoms with van der Waals surface area (Å²) in [6.45, 7) is 0. The summed E-state index contributed by atoms with van der Waals surface area (Å²) in [6, 6.07) is 4.93. The summed E-state index contributed by atoms with van der Waals surface area (Å²) < 4.78 is 15.1. The number of ether oxygens (including phenoxy) is 2. The number of carboxylic acid groups (broad SMARTS) is 1. The largest absolute Gasteiger partial charge is 0.504 e. The van der Waals surface area contributed by atoms with Gasteiger partial charge in [0.2, 0.25) is 6.29 Å². The van der Waals surface area contributed by atoms with Crippen molar-refractivity contribution >= 4 is 16.9 Å². The van der Waals surface area contributed by atoms with E-state index >= 15 is 0 Å². The summed E-state index contributed by atoms with van der Waals surface area (Å²) in [5.41, 5.74) is -0.533. The molecular formula is C15H14O10. The van der Waals surface area contributed by atoms with E-state index in [4.69, 9.17) is 19.0 Å². The van der Waals surface area contributed by atoms with Crippen LogP contribution in [0.3, 0.4) is 0 Å². The molecule has 0 bridgehead atoms. The minimum atomic E-state index is -1.85. The van der Waals surface area contributed by atoms with Gasteiger partial charge in [-0.25, -0.2) is 9.59 Å². The van der Waals surface area contributed by atoms with E-state index in [2.05, 4.69) is 0 Å². The number of hydrogen-bond acceptors (Lipinski definition) is 9. The molecule has 1 aromatic heterocycles. The van der Waals surface area contributed by atoms with E-state index in [9.17, 15) is 30.0 Å². The average molecular weight is 354 g/mol. The molecule has 2 heterocycles. The quantitative estimate of drug-likeness (QED) is 0.421. The van der Waals surface area contributed by atoms with Crippen LogP contribution in [0.15, 0.2) is 33.5 Å². The van der Waals surface area contributed by atoms with Gasteiger partial charge in [0.25, 0.3) is 0 Å². The smallest absolute Gasteiger partial charge is 0.336 e. The Morgan fingerprint density at radius 1 is 1.08 bits per heavy atom. The summed E-state index contributed by atoms with van der Waals surface area (Å²) >= 11 is 0. The highest BCUT2D eigenvalue weighted by Gasteiger charge is 2.48. The van der Waals surface area contributed by atoms with E-state index in [1.54, 1.807) is 0 Å². The highest BCUT2D eigenvalue weighted by atomic mass is 16.7. The zero-order chi connectivity index (χ0) is 18.3. The lowest BCUT2D eigenvalue weighted by atomic mass is 9.99. The molecule has 0 saturated carbocycles. The van der Waals surface area contributed by atoms with Crippen LogP contribution in [0.1, 0.15) is 0 Å². The van der Waals surface area contributed by atoms with E-state index in [1.165, 1.54) is 12.1 Å². The third-order valence-electron chi connectivity index (χ3n) is 3.76. The van der Waals surface area contributed by atoms with Crippen molar-refractivity contribution in [2.45, 2.75) is 30.7 Å². The van der Waals surface area contributed by atoms with E-state index < -0.39 is 48.1 Å². The Morgan fingerprint density at radius 2 is 1.80 bits per heavy atom. The van der Waals surface area contributed by atoms with Crippen LogP contribution in [-0.2, 0) is 9.53 Å². The standard InChI is InChI=1S/C15H14O10/c16-6-4-7-5(1-2-9(17)23-7)3-8(6)24-15-12(20)10(18)11(19)13(25-15)14(21)22/h1-4,10-13,15-16,18-20H,(H,21,22)/t10-,11-,12+,13-,15+/m0/s1. The van der Waals surface area contributed by atoms with Crippen molar-refractivity contribution in [1.29, 1.82) is 0 Å². The van der Waals surface area contributed by atoms with Crippen LogP contribution in [0.25, 0.3) is 11.0 Å². The summed E-state index contributed by atoms with van der Waals surface area (Å²) in [5, 5.41) is 48.6. The molecule has 3 rings (SSSR count). The molecule has 134 valence electrons. The van der Waals surface area contributed by atoms with Crippen molar-refractivity contribution in [3.63, 3.8) is 0 Å². The first-order valence-corrected chi connectivity index (χ1v) is 7.14. The van der Waals surface area contributed by atoms with E-state index in [0.717, 1.165) is 12.1 Å². The maximum atomic E-state index is 11.2. The van der Waals surface area contributed by atoms with Crippen LogP contribution < -0.4 is 10.4 Å². The van der Waals surface area contributed by atoms with Crippen LogP contribution in [0.5, 0.6) is 11.5 Å². The summed E-state index contributed by atoms with van der Waals surface area (Å²) in [4.78, 5) is 22.2. The number of aliphatic carboxylic acids is 1. The van der Waals surface area contributed by atoms with Gasteiger partial charge in [0.05, 0.1) is 0 Å². The van der Waals surface area contributed by atoms with Crippen LogP contribution in [0, 0.1) is 0 Å². The van der Waals surface area contributed by atoms with Gasteiger partial charge in [0.15, 0.2) is 17.6 Å². The molecule has 25 heavy (non-hydrogen) atoms. The third kappa shape index (κ3) is 3.15. The Kier molecular flexibility index (Phi) is 4.35. The maximum Gasteiger partial charge on any atom is 0.336 e. The van der Waals surface area contributed by atoms with Crippen LogP contribution >= 0.6 is 0 Å². The zero-order valence-electron chi connectivity index (χ0n) is 12.5. The number of phenols is 1. The molecule has 0 amide bonds. The molecule has 10 nitrogen and oxygen atoms in total. The molecule has 0 unspecified atom stereocenters. The monoisotopic (exact) mass is 354 g/mol. The van der Waals surface area contributed by atoms with Gasteiger partial charge in [-0.15, -0.1) is 0 Å². The van der Waals surface area contributed by atoms with E-state index in [0.29, 0.717) is 5.39 Å². The van der Waals surface area contributed by atoms with Crippen molar-refractivity contribution in [3.05, 3.63) is 34.7 Å². The molecule has 0 spiro atoms. The third-order valence-corrected chi connectivity index (χ3v) is 3.76. The number of phenolic OH excluding ortho intramolecular Hbond substituents is 1. The predicted molar refractivity (Wildman–Crippen MR) is 79.1 cm³/mol. The molecule has 5 N–H and O–H groups in total. The first-order valence-electron chi connectivity index (χ1n) is 7.14. The molecule has 0 aliphatic carbocycles. The van der Waals surface area contributed by atoms with Gasteiger partial charge in [-0.3, -0.25) is 0 Å². The Bertz CT molecular complexity index is 859. The molecule has 1 aliphatic heterocycles. The van der Waals surface area contributed by atoms with Crippen LogP contribution in [0.4, 0.5) is 0 Å². The van der Waals surface area contributed by atoms with E-state index in [-0.39, 0.29) is 11.3 Å². The number of rotatable bonds is 3. The SMILES string of the molecule is O=C(O)[C@H]1O[C@@H](Oc2cc3ccc(=O)oc3cc2O)[C@H](O)[C@@H](O)[C@@H]1O. The van der Waals surface area contributed by atoms with Crippen LogP contribution in [0.2, 0.25) is 0 Å². The Morgan fingerprint density at radius 3 is 2.48 bits per heavy atom. The number of aliphatic hydroxyl groups excluding tert-OH is 3. The first kappa shape index (κ1) is 17.2. The second-order valence-electron chi connectivity index (χ2n) is 5.47. The molecule has 1 aromatic carbocycles. The highest BCUT2D eigenvalue weighted by molar-refractivity contribution is 5.80. The average Bonchev–Trinajstić information content (AvgIpc) is 2.55. The summed E-state index contributed by atoms with van der Waals surface area (Å²) in [6.07, 6.45) is -8.95. The van der Waals surface area contributed by atoms with E-state index in [1.807, 2.05) is 0 Å². The van der Waals surface area contributed by atoms with Gasteiger partial charge in [0.1, 0.15) is 23.9 Å². The lowest BCUT2D eigenvalue weighted by molar-refractivity contribution is -0.271. The van der Waals surface area contributed by atoms with Gasteiger partial charge in [-0.1, -0.05) is 0 Å². The van der Waals surface area contributed by atoms with Gasteiger partial charge in [0, 0.05) is 17.5 Å². The topological polar surface area (TPSA) is 167 Å². The molecule has 10 heteroatoms. The molecular weight excluding hydrogens is 340 g/mol. The fraction of sp³-hybridized carbons (Fsp3) is 0.333. The first-order chi connectivity index (χ1) is 11.8. The van der Waals surface area contributed by atoms with Gasteiger partial charge >= 0.3 is 11.6 Å². The molecule has 1 fully saturated rings. The summed E-state index contributed by atoms with van der Waals surface area (Å²) in [7, 11) is 0. The van der Waals surface area contributed by atoms with Crippen molar-refractivity contribution in [2.75, 3.05) is 0 Å². The van der Waals surface area contributed by atoms with Gasteiger partial charge < -0.3 is 39.4 Å². The Balaban J connectivity index is 1.91. The minimum absolute atomic E-state index is 0.0846. The number of fused-ring (bicyclic) bond motifs is 1. The lowest BCUT2D eigenvalue weighted by Crippen LogP contribution is -2.61. The van der Waals surface area contributed by atoms with Crippen molar-refractivity contribution in [2.24, 2.45) is 0 Å².